The molecule has 4 atom stereocenters. The lowest BCUT2D eigenvalue weighted by Crippen LogP contribution is -2.80. The van der Waals surface area contributed by atoms with Gasteiger partial charge >= 0.3 is 0 Å². The van der Waals surface area contributed by atoms with Gasteiger partial charge in [-0.1, -0.05) is 12.1 Å². The third kappa shape index (κ3) is 2.12. The number of phenols is 1. The van der Waals surface area contributed by atoms with Gasteiger partial charge in [0.15, 0.2) is 23.4 Å². The molecule has 0 radical (unpaired) electrons. The Bertz CT molecular complexity index is 974. The minimum absolute atomic E-state index is 0.0409. The maximum absolute atomic E-state index is 13.0. The van der Waals surface area contributed by atoms with Crippen LogP contribution in [0, 0.1) is 5.92 Å². The molecule has 2 aliphatic heterocycles. The molecule has 1 aromatic carbocycles. The highest BCUT2D eigenvalue weighted by Gasteiger charge is 2.72. The maximum Gasteiger partial charge on any atom is 0.230 e. The van der Waals surface area contributed by atoms with Gasteiger partial charge in [0.2, 0.25) is 5.91 Å². The Labute approximate surface area is 174 Å². The van der Waals surface area contributed by atoms with Crippen molar-refractivity contribution in [2.24, 2.45) is 5.92 Å². The smallest absolute Gasteiger partial charge is 0.230 e. The second-order valence-corrected chi connectivity index (χ2v) is 9.45. The maximum atomic E-state index is 13.0. The fourth-order valence-corrected chi connectivity index (χ4v) is 6.48. The van der Waals surface area contributed by atoms with E-state index in [1.54, 1.807) is 12.1 Å². The number of amides is 1. The second-order valence-electron chi connectivity index (χ2n) is 9.14. The van der Waals surface area contributed by atoms with Crippen LogP contribution in [0.1, 0.15) is 30.4 Å². The van der Waals surface area contributed by atoms with Crippen LogP contribution >= 0.6 is 12.6 Å². The summed E-state index contributed by atoms with van der Waals surface area (Å²) in [6.45, 7) is 1.88. The van der Waals surface area contributed by atoms with E-state index in [9.17, 15) is 14.7 Å². The Balaban J connectivity index is 1.61. The monoisotopic (exact) mass is 412 g/mol. The zero-order chi connectivity index (χ0) is 20.0. The van der Waals surface area contributed by atoms with E-state index in [4.69, 9.17) is 4.74 Å². The first-order chi connectivity index (χ1) is 14.0. The van der Waals surface area contributed by atoms with Crippen LogP contribution in [0.2, 0.25) is 0 Å². The van der Waals surface area contributed by atoms with Crippen LogP contribution in [0.4, 0.5) is 0 Å². The molecule has 29 heavy (non-hydrogen) atoms. The molecule has 1 amide bonds. The summed E-state index contributed by atoms with van der Waals surface area (Å²) in [6, 6.07) is 3.67. The lowest BCUT2D eigenvalue weighted by Gasteiger charge is -2.63. The molecule has 2 heterocycles. The largest absolute Gasteiger partial charge is 0.504 e. The molecule has 6 rings (SSSR count). The van der Waals surface area contributed by atoms with Crippen molar-refractivity contribution in [1.82, 2.24) is 10.2 Å². The van der Waals surface area contributed by atoms with Crippen LogP contribution in [-0.4, -0.2) is 58.2 Å². The molecule has 6 nitrogen and oxygen atoms in total. The molecule has 3 aliphatic carbocycles. The van der Waals surface area contributed by atoms with E-state index in [2.05, 4.69) is 22.8 Å². The Morgan fingerprint density at radius 3 is 2.97 bits per heavy atom. The summed E-state index contributed by atoms with van der Waals surface area (Å²) in [4.78, 5) is 28.1. The molecular formula is C22H24N2O4S. The number of carbonyl (C=O) groups is 2. The highest BCUT2D eigenvalue weighted by Crippen LogP contribution is 2.63. The molecule has 2 fully saturated rings. The predicted octanol–water partition coefficient (Wildman–Crippen LogP) is 1.36. The summed E-state index contributed by atoms with van der Waals surface area (Å²) in [7, 11) is 0. The van der Waals surface area contributed by atoms with Gasteiger partial charge in [-0.25, -0.2) is 0 Å². The van der Waals surface area contributed by atoms with Crippen LogP contribution < -0.4 is 10.1 Å². The number of nitrogens with zero attached hydrogens (tertiary/aromatic N) is 1. The number of hydrogen-bond donors (Lipinski definition) is 3. The average molecular weight is 413 g/mol. The van der Waals surface area contributed by atoms with Gasteiger partial charge in [-0.3, -0.25) is 14.5 Å². The number of aromatic hydroxyl groups is 1. The number of hydrogen-bond acceptors (Lipinski definition) is 6. The quantitative estimate of drug-likeness (QED) is 0.651. The summed E-state index contributed by atoms with van der Waals surface area (Å²) >= 11 is 4.20. The Kier molecular flexibility index (Phi) is 3.56. The van der Waals surface area contributed by atoms with Gasteiger partial charge in [0.25, 0.3) is 0 Å². The molecule has 5 aliphatic rings. The second kappa shape index (κ2) is 5.79. The molecule has 1 aromatic rings. The number of thiol groups is 1. The third-order valence-corrected chi connectivity index (χ3v) is 8.00. The van der Waals surface area contributed by atoms with Crippen molar-refractivity contribution in [3.8, 4) is 11.5 Å². The third-order valence-electron chi connectivity index (χ3n) is 7.71. The lowest BCUT2D eigenvalue weighted by atomic mass is 9.49. The first kappa shape index (κ1) is 17.8. The molecule has 7 heteroatoms. The standard InChI is InChI=1S/C22H24N2O4S/c25-14-4-3-13-9-16-22(23-17(27)11-29)6-5-15(26)20-21(22,18(13)19(14)28-20)7-8-24(16)10-12-1-2-12/h3-6,12,16,20,25,29H,1-2,7-11H2,(H,23,27)/t16-,20+,21+,22-/m1/s1. The summed E-state index contributed by atoms with van der Waals surface area (Å²) in [6.07, 6.45) is 6.75. The van der Waals surface area contributed by atoms with Crippen molar-refractivity contribution < 1.29 is 19.4 Å². The van der Waals surface area contributed by atoms with E-state index in [0.29, 0.717) is 12.2 Å². The number of ether oxygens (including phenoxy) is 1. The summed E-state index contributed by atoms with van der Waals surface area (Å²) in [5.74, 6) is 1.04. The van der Waals surface area contributed by atoms with E-state index >= 15 is 0 Å². The number of likely N-dealkylation sites (tertiary alicyclic amines) is 1. The van der Waals surface area contributed by atoms with E-state index in [1.807, 2.05) is 12.1 Å². The Hall–Kier alpha value is -1.99. The minimum atomic E-state index is -0.745. The topological polar surface area (TPSA) is 78.9 Å². The van der Waals surface area contributed by atoms with Crippen molar-refractivity contribution in [2.45, 2.75) is 48.8 Å². The van der Waals surface area contributed by atoms with E-state index in [0.717, 1.165) is 36.6 Å². The number of ketones is 1. The van der Waals surface area contributed by atoms with Crippen molar-refractivity contribution in [1.29, 1.82) is 0 Å². The first-order valence-corrected chi connectivity index (χ1v) is 11.0. The molecule has 1 saturated carbocycles. The lowest BCUT2D eigenvalue weighted by molar-refractivity contribution is -0.135. The summed E-state index contributed by atoms with van der Waals surface area (Å²) < 4.78 is 6.15. The highest BCUT2D eigenvalue weighted by molar-refractivity contribution is 7.81. The van der Waals surface area contributed by atoms with Crippen molar-refractivity contribution in [3.63, 3.8) is 0 Å². The zero-order valence-electron chi connectivity index (χ0n) is 16.1. The number of benzene rings is 1. The van der Waals surface area contributed by atoms with Gasteiger partial charge < -0.3 is 15.2 Å². The molecule has 0 aromatic heterocycles. The van der Waals surface area contributed by atoms with E-state index < -0.39 is 17.1 Å². The summed E-state index contributed by atoms with van der Waals surface area (Å²) in [5, 5.41) is 13.8. The Morgan fingerprint density at radius 2 is 2.21 bits per heavy atom. The molecule has 2 N–H and O–H groups in total. The molecule has 0 unspecified atom stereocenters. The van der Waals surface area contributed by atoms with Gasteiger partial charge in [-0.05, 0) is 55.9 Å². The first-order valence-electron chi connectivity index (χ1n) is 10.4. The normalized spacial score (nSPS) is 36.5. The zero-order valence-corrected chi connectivity index (χ0v) is 17.0. The van der Waals surface area contributed by atoms with Gasteiger partial charge in [0.1, 0.15) is 0 Å². The van der Waals surface area contributed by atoms with Crippen LogP contribution in [0.3, 0.4) is 0 Å². The van der Waals surface area contributed by atoms with Crippen LogP contribution in [0.5, 0.6) is 11.5 Å². The van der Waals surface area contributed by atoms with Gasteiger partial charge in [0, 0.05) is 18.2 Å². The van der Waals surface area contributed by atoms with Gasteiger partial charge in [-0.2, -0.15) is 12.6 Å². The predicted molar refractivity (Wildman–Crippen MR) is 109 cm³/mol. The fourth-order valence-electron chi connectivity index (χ4n) is 6.41. The molecule has 1 spiro atoms. The fraction of sp³-hybridized carbons (Fsp3) is 0.545. The van der Waals surface area contributed by atoms with Crippen LogP contribution in [-0.2, 0) is 21.4 Å². The van der Waals surface area contributed by atoms with E-state index in [1.165, 1.54) is 12.8 Å². The molecule has 1 saturated heterocycles. The number of piperidine rings is 1. The Morgan fingerprint density at radius 1 is 1.38 bits per heavy atom. The number of carbonyl (C=O) groups excluding carboxylic acids is 2. The van der Waals surface area contributed by atoms with Crippen molar-refractivity contribution >= 4 is 24.3 Å². The minimum Gasteiger partial charge on any atom is -0.504 e. The molecular weight excluding hydrogens is 388 g/mol. The van der Waals surface area contributed by atoms with E-state index in [-0.39, 0.29) is 29.2 Å². The van der Waals surface area contributed by atoms with Crippen LogP contribution in [0.15, 0.2) is 24.3 Å². The van der Waals surface area contributed by atoms with Crippen LogP contribution in [0.25, 0.3) is 0 Å². The van der Waals surface area contributed by atoms with Crippen molar-refractivity contribution in [3.05, 3.63) is 35.4 Å². The average Bonchev–Trinajstić information content (AvgIpc) is 3.45. The van der Waals surface area contributed by atoms with Gasteiger partial charge in [0.05, 0.1) is 16.7 Å². The van der Waals surface area contributed by atoms with Crippen molar-refractivity contribution in [2.75, 3.05) is 18.8 Å². The number of phenolic OH excluding ortho intramolecular Hbond substituents is 1. The SMILES string of the molecule is O=C(CS)N[C@@]12C=CC(=O)[C@@H]3Oc4c(O)ccc5c4[C@@]31CCN(CC1CC1)[C@@H]2C5. The number of rotatable bonds is 4. The van der Waals surface area contributed by atoms with Gasteiger partial charge in [-0.15, -0.1) is 0 Å². The highest BCUT2D eigenvalue weighted by atomic mass is 32.1. The molecule has 2 bridgehead atoms. The summed E-state index contributed by atoms with van der Waals surface area (Å²) in [5.41, 5.74) is 0.598. The molecule has 152 valence electrons. The number of nitrogens with one attached hydrogen (secondary N) is 1.